The van der Waals surface area contributed by atoms with Gasteiger partial charge < -0.3 is 11.1 Å². The van der Waals surface area contributed by atoms with Crippen molar-refractivity contribution in [1.29, 1.82) is 0 Å². The second-order valence-corrected chi connectivity index (χ2v) is 4.79. The zero-order chi connectivity index (χ0) is 13.7. The lowest BCUT2D eigenvalue weighted by Gasteiger charge is -2.08. The van der Waals surface area contributed by atoms with Crippen LogP contribution in [0.4, 0.5) is 11.6 Å². The van der Waals surface area contributed by atoms with Gasteiger partial charge in [0.05, 0.1) is 5.75 Å². The van der Waals surface area contributed by atoms with Gasteiger partial charge >= 0.3 is 0 Å². The highest BCUT2D eigenvalue weighted by Gasteiger charge is 2.08. The molecular weight excluding hydrogens is 262 g/mol. The number of rotatable bonds is 5. The average Bonchev–Trinajstić information content (AvgIpc) is 2.83. The van der Waals surface area contributed by atoms with Crippen molar-refractivity contribution in [3.05, 3.63) is 29.8 Å². The van der Waals surface area contributed by atoms with Crippen molar-refractivity contribution in [3.63, 3.8) is 0 Å². The Morgan fingerprint density at radius 3 is 2.95 bits per heavy atom. The number of carbonyl (C=O) groups is 1. The van der Waals surface area contributed by atoms with Gasteiger partial charge in [0, 0.05) is 5.69 Å². The minimum atomic E-state index is -0.0886. The number of nitrogens with zero attached hydrogens (tertiary/aromatic N) is 2. The molecular formula is C12H15N5OS. The molecule has 6 nitrogen and oxygen atoms in total. The highest BCUT2D eigenvalue weighted by molar-refractivity contribution is 7.99. The fraction of sp³-hybridized carbons (Fsp3) is 0.250. The predicted molar refractivity (Wildman–Crippen MR) is 76.0 cm³/mol. The molecule has 2 aromatic rings. The van der Waals surface area contributed by atoms with Crippen LogP contribution in [0, 0.1) is 0 Å². The van der Waals surface area contributed by atoms with Gasteiger partial charge in [-0.25, -0.2) is 5.10 Å². The van der Waals surface area contributed by atoms with Gasteiger partial charge in [-0.1, -0.05) is 36.9 Å². The van der Waals surface area contributed by atoms with E-state index >= 15 is 0 Å². The minimum Gasteiger partial charge on any atom is -0.368 e. The molecule has 0 saturated heterocycles. The normalized spacial score (nSPS) is 10.4. The molecule has 0 saturated carbocycles. The van der Waals surface area contributed by atoms with Crippen molar-refractivity contribution in [2.75, 3.05) is 16.8 Å². The summed E-state index contributed by atoms with van der Waals surface area (Å²) in [6.45, 7) is 2.05. The third-order valence-electron chi connectivity index (χ3n) is 2.49. The van der Waals surface area contributed by atoms with Crippen molar-refractivity contribution in [2.24, 2.45) is 0 Å². The first-order chi connectivity index (χ1) is 9.19. The number of thioether (sulfide) groups is 1. The Morgan fingerprint density at radius 1 is 1.47 bits per heavy atom. The van der Waals surface area contributed by atoms with Gasteiger partial charge in [-0.2, -0.15) is 4.98 Å². The molecule has 0 radical (unpaired) electrons. The van der Waals surface area contributed by atoms with Crippen LogP contribution in [0.1, 0.15) is 12.5 Å². The number of para-hydroxylation sites is 1. The molecule has 4 N–H and O–H groups in total. The molecule has 0 bridgehead atoms. The summed E-state index contributed by atoms with van der Waals surface area (Å²) in [6.07, 6.45) is 0.876. The average molecular weight is 277 g/mol. The molecule has 1 aromatic carbocycles. The molecule has 7 heteroatoms. The van der Waals surface area contributed by atoms with Crippen molar-refractivity contribution < 1.29 is 4.79 Å². The van der Waals surface area contributed by atoms with E-state index in [-0.39, 0.29) is 17.6 Å². The number of nitrogens with two attached hydrogens (primary N) is 1. The Balaban J connectivity index is 1.90. The molecule has 0 unspecified atom stereocenters. The number of nitrogens with one attached hydrogen (secondary N) is 2. The number of aromatic amines is 1. The molecule has 0 fully saturated rings. The molecule has 1 aromatic heterocycles. The molecule has 0 spiro atoms. The molecule has 0 aliphatic carbocycles. The number of carbonyl (C=O) groups excluding carboxylic acids is 1. The maximum Gasteiger partial charge on any atom is 0.234 e. The van der Waals surface area contributed by atoms with Gasteiger partial charge in [-0.3, -0.25) is 4.79 Å². The highest BCUT2D eigenvalue weighted by Crippen LogP contribution is 2.17. The molecule has 1 heterocycles. The summed E-state index contributed by atoms with van der Waals surface area (Å²) >= 11 is 1.24. The predicted octanol–water partition coefficient (Wildman–Crippen LogP) is 1.68. The zero-order valence-corrected chi connectivity index (χ0v) is 11.3. The van der Waals surface area contributed by atoms with Crippen molar-refractivity contribution in [2.45, 2.75) is 18.5 Å². The second-order valence-electron chi connectivity index (χ2n) is 3.85. The van der Waals surface area contributed by atoms with E-state index in [1.54, 1.807) is 0 Å². The number of amides is 1. The Labute approximate surface area is 115 Å². The van der Waals surface area contributed by atoms with Crippen LogP contribution >= 0.6 is 11.8 Å². The maximum absolute atomic E-state index is 11.8. The van der Waals surface area contributed by atoms with Crippen LogP contribution in [0.25, 0.3) is 0 Å². The maximum atomic E-state index is 11.8. The molecule has 1 amide bonds. The number of benzene rings is 1. The van der Waals surface area contributed by atoms with Crippen molar-refractivity contribution in [1.82, 2.24) is 15.2 Å². The smallest absolute Gasteiger partial charge is 0.234 e. The Bertz CT molecular complexity index is 569. The summed E-state index contributed by atoms with van der Waals surface area (Å²) in [4.78, 5) is 15.7. The first-order valence-electron chi connectivity index (χ1n) is 5.87. The van der Waals surface area contributed by atoms with Gasteiger partial charge in [0.25, 0.3) is 0 Å². The summed E-state index contributed by atoms with van der Waals surface area (Å²) in [7, 11) is 0. The van der Waals surface area contributed by atoms with Crippen LogP contribution in [0.2, 0.25) is 0 Å². The molecule has 100 valence electrons. The van der Waals surface area contributed by atoms with Crippen LogP contribution in [-0.4, -0.2) is 26.8 Å². The standard InChI is InChI=1S/C12H15N5OS/c1-2-8-5-3-4-6-9(8)14-10(18)7-19-12-15-11(13)16-17-12/h3-6H,2,7H2,1H3,(H,14,18)(H3,13,15,16,17). The molecule has 0 aliphatic heterocycles. The number of hydrogen-bond donors (Lipinski definition) is 3. The fourth-order valence-corrected chi connectivity index (χ4v) is 2.20. The lowest BCUT2D eigenvalue weighted by molar-refractivity contribution is -0.113. The third-order valence-corrected chi connectivity index (χ3v) is 3.33. The third kappa shape index (κ3) is 3.72. The molecule has 0 atom stereocenters. The van der Waals surface area contributed by atoms with E-state index < -0.39 is 0 Å². The zero-order valence-electron chi connectivity index (χ0n) is 10.5. The molecule has 19 heavy (non-hydrogen) atoms. The summed E-state index contributed by atoms with van der Waals surface area (Å²) in [5.74, 6) is 0.406. The van der Waals surface area contributed by atoms with Gasteiger partial charge in [-0.05, 0) is 18.1 Å². The Hall–Kier alpha value is -2.02. The van der Waals surface area contributed by atoms with Crippen LogP contribution in [0.15, 0.2) is 29.4 Å². The van der Waals surface area contributed by atoms with Gasteiger partial charge in [-0.15, -0.1) is 5.10 Å². The lowest BCUT2D eigenvalue weighted by Crippen LogP contribution is -2.15. The van der Waals surface area contributed by atoms with Gasteiger partial charge in [0.1, 0.15) is 0 Å². The van der Waals surface area contributed by atoms with Crippen LogP contribution in [0.5, 0.6) is 0 Å². The lowest BCUT2D eigenvalue weighted by atomic mass is 10.1. The topological polar surface area (TPSA) is 96.7 Å². The van der Waals surface area contributed by atoms with E-state index in [1.807, 2.05) is 24.3 Å². The van der Waals surface area contributed by atoms with E-state index in [2.05, 4.69) is 27.4 Å². The number of anilines is 2. The van der Waals surface area contributed by atoms with Crippen molar-refractivity contribution >= 4 is 29.3 Å². The SMILES string of the molecule is CCc1ccccc1NC(=O)CSc1n[nH]c(N)n1. The van der Waals surface area contributed by atoms with Gasteiger partial charge in [0.15, 0.2) is 0 Å². The Morgan fingerprint density at radius 2 is 2.26 bits per heavy atom. The monoisotopic (exact) mass is 277 g/mol. The van der Waals surface area contributed by atoms with Crippen LogP contribution in [-0.2, 0) is 11.2 Å². The van der Waals surface area contributed by atoms with E-state index in [4.69, 9.17) is 5.73 Å². The van der Waals surface area contributed by atoms with E-state index in [0.717, 1.165) is 17.7 Å². The first kappa shape index (κ1) is 13.4. The van der Waals surface area contributed by atoms with E-state index in [0.29, 0.717) is 5.16 Å². The van der Waals surface area contributed by atoms with E-state index in [9.17, 15) is 4.79 Å². The summed E-state index contributed by atoms with van der Waals surface area (Å²) < 4.78 is 0. The largest absolute Gasteiger partial charge is 0.368 e. The quantitative estimate of drug-likeness (QED) is 0.722. The number of H-pyrrole nitrogens is 1. The van der Waals surface area contributed by atoms with E-state index in [1.165, 1.54) is 11.8 Å². The number of aromatic nitrogens is 3. The summed E-state index contributed by atoms with van der Waals surface area (Å²) in [5, 5.41) is 9.73. The highest BCUT2D eigenvalue weighted by atomic mass is 32.2. The van der Waals surface area contributed by atoms with Crippen molar-refractivity contribution in [3.8, 4) is 0 Å². The summed E-state index contributed by atoms with van der Waals surface area (Å²) in [6, 6.07) is 7.75. The molecule has 0 aliphatic rings. The fourth-order valence-electron chi connectivity index (χ4n) is 1.59. The minimum absolute atomic E-state index is 0.0886. The number of hydrogen-bond acceptors (Lipinski definition) is 5. The first-order valence-corrected chi connectivity index (χ1v) is 6.86. The van der Waals surface area contributed by atoms with Gasteiger partial charge in [0.2, 0.25) is 17.0 Å². The van der Waals surface area contributed by atoms with Crippen LogP contribution in [0.3, 0.4) is 0 Å². The van der Waals surface area contributed by atoms with Crippen LogP contribution < -0.4 is 11.1 Å². The Kier molecular flexibility index (Phi) is 4.40. The number of aryl methyl sites for hydroxylation is 1. The molecule has 2 rings (SSSR count). The second kappa shape index (κ2) is 6.24. The summed E-state index contributed by atoms with van der Waals surface area (Å²) in [5.41, 5.74) is 7.37. The number of nitrogen functional groups attached to an aromatic ring is 1.